The summed E-state index contributed by atoms with van der Waals surface area (Å²) in [5.41, 5.74) is 0. The van der Waals surface area contributed by atoms with Crippen molar-refractivity contribution in [2.24, 2.45) is 5.92 Å². The second-order valence-corrected chi connectivity index (χ2v) is 2.62. The van der Waals surface area contributed by atoms with Gasteiger partial charge < -0.3 is 14.3 Å². The van der Waals surface area contributed by atoms with Gasteiger partial charge in [-0.1, -0.05) is 6.92 Å². The van der Waals surface area contributed by atoms with Gasteiger partial charge in [-0.15, -0.1) is 0 Å². The molecule has 3 nitrogen and oxygen atoms in total. The van der Waals surface area contributed by atoms with Crippen LogP contribution in [0.3, 0.4) is 0 Å². The maximum atomic E-state index is 10.3. The summed E-state index contributed by atoms with van der Waals surface area (Å²) in [4.78, 5) is 10.3. The molecule has 0 N–H and O–H groups in total. The smallest absolute Gasteiger partial charge is 0.155 e. The Morgan fingerprint density at radius 1 is 1.50 bits per heavy atom. The van der Waals surface area contributed by atoms with E-state index in [2.05, 4.69) is 0 Å². The zero-order valence-corrected chi connectivity index (χ0v) is 6.24. The largest absolute Gasteiger partial charge is 0.353 e. The molecule has 1 heterocycles. The van der Waals surface area contributed by atoms with Crippen LogP contribution in [0.15, 0.2) is 0 Å². The van der Waals surface area contributed by atoms with E-state index >= 15 is 0 Å². The van der Waals surface area contributed by atoms with E-state index < -0.39 is 0 Å². The fraction of sp³-hybridized carbons (Fsp3) is 0.857. The third-order valence-corrected chi connectivity index (χ3v) is 1.64. The molecule has 3 heteroatoms. The average molecular weight is 144 g/mol. The number of rotatable bonds is 1. The Hall–Kier alpha value is -0.410. The predicted octanol–water partition coefficient (Wildman–Crippen LogP) is 0.583. The van der Waals surface area contributed by atoms with E-state index in [4.69, 9.17) is 9.47 Å². The number of hydrogen-bond acceptors (Lipinski definition) is 3. The van der Waals surface area contributed by atoms with Crippen molar-refractivity contribution in [1.29, 1.82) is 0 Å². The lowest BCUT2D eigenvalue weighted by Crippen LogP contribution is -2.38. The third kappa shape index (κ3) is 1.55. The Labute approximate surface area is 60.3 Å². The molecule has 0 aliphatic carbocycles. The van der Waals surface area contributed by atoms with Crippen LogP contribution < -0.4 is 0 Å². The van der Waals surface area contributed by atoms with E-state index in [-0.39, 0.29) is 18.3 Å². The fourth-order valence-electron chi connectivity index (χ4n) is 0.943. The summed E-state index contributed by atoms with van der Waals surface area (Å²) in [7, 11) is 0. The first-order chi connectivity index (χ1) is 4.74. The van der Waals surface area contributed by atoms with Gasteiger partial charge in [0, 0.05) is 5.92 Å². The zero-order chi connectivity index (χ0) is 7.56. The molecule has 1 rings (SSSR count). The SMILES string of the molecule is CC1OCC(C)C(C=O)O1. The van der Waals surface area contributed by atoms with Crippen molar-refractivity contribution in [3.8, 4) is 0 Å². The Morgan fingerprint density at radius 2 is 2.20 bits per heavy atom. The first-order valence-corrected chi connectivity index (χ1v) is 3.46. The highest BCUT2D eigenvalue weighted by Gasteiger charge is 2.25. The highest BCUT2D eigenvalue weighted by atomic mass is 16.7. The minimum absolute atomic E-state index is 0.189. The van der Waals surface area contributed by atoms with Gasteiger partial charge in [0.25, 0.3) is 0 Å². The molecule has 10 heavy (non-hydrogen) atoms. The molecule has 0 bridgehead atoms. The van der Waals surface area contributed by atoms with Crippen LogP contribution in [0, 0.1) is 5.92 Å². The maximum Gasteiger partial charge on any atom is 0.155 e. The molecule has 0 aromatic carbocycles. The van der Waals surface area contributed by atoms with Gasteiger partial charge in [-0.2, -0.15) is 0 Å². The van der Waals surface area contributed by atoms with Crippen molar-refractivity contribution < 1.29 is 14.3 Å². The Balaban J connectivity index is 2.45. The lowest BCUT2D eigenvalue weighted by molar-refractivity contribution is -0.217. The van der Waals surface area contributed by atoms with Crippen LogP contribution in [0.25, 0.3) is 0 Å². The van der Waals surface area contributed by atoms with Gasteiger partial charge in [0.15, 0.2) is 6.29 Å². The topological polar surface area (TPSA) is 35.5 Å². The Bertz CT molecular complexity index is 124. The number of aldehydes is 1. The highest BCUT2D eigenvalue weighted by Crippen LogP contribution is 2.15. The number of carbonyl (C=O) groups excluding carboxylic acids is 1. The van der Waals surface area contributed by atoms with Crippen LogP contribution in [0.5, 0.6) is 0 Å². The molecule has 1 fully saturated rings. The Morgan fingerprint density at radius 3 is 2.70 bits per heavy atom. The van der Waals surface area contributed by atoms with Crippen molar-refractivity contribution in [3.05, 3.63) is 0 Å². The Kier molecular flexibility index (Phi) is 2.40. The number of ether oxygens (including phenoxy) is 2. The predicted molar refractivity (Wildman–Crippen MR) is 35.5 cm³/mol. The molecular formula is C7H12O3. The summed E-state index contributed by atoms with van der Waals surface area (Å²) in [6, 6.07) is 0. The van der Waals surface area contributed by atoms with E-state index in [0.717, 1.165) is 6.29 Å². The zero-order valence-electron chi connectivity index (χ0n) is 6.24. The molecule has 1 aliphatic heterocycles. The molecule has 1 saturated heterocycles. The quantitative estimate of drug-likeness (QED) is 0.505. The van der Waals surface area contributed by atoms with Crippen molar-refractivity contribution in [3.63, 3.8) is 0 Å². The molecular weight excluding hydrogens is 132 g/mol. The van der Waals surface area contributed by atoms with Crippen LogP contribution in [0.1, 0.15) is 13.8 Å². The summed E-state index contributed by atoms with van der Waals surface area (Å²) >= 11 is 0. The van der Waals surface area contributed by atoms with Gasteiger partial charge in [0.1, 0.15) is 12.4 Å². The third-order valence-electron chi connectivity index (χ3n) is 1.64. The molecule has 0 saturated carbocycles. The maximum absolute atomic E-state index is 10.3. The fourth-order valence-corrected chi connectivity index (χ4v) is 0.943. The second kappa shape index (κ2) is 3.12. The standard InChI is InChI=1S/C7H12O3/c1-5-4-9-6(2)10-7(5)3-8/h3,5-7H,4H2,1-2H3. The van der Waals surface area contributed by atoms with Gasteiger partial charge in [-0.3, -0.25) is 0 Å². The van der Waals surface area contributed by atoms with Gasteiger partial charge in [-0.25, -0.2) is 0 Å². The summed E-state index contributed by atoms with van der Waals surface area (Å²) in [5.74, 6) is 0.189. The lowest BCUT2D eigenvalue weighted by Gasteiger charge is -2.29. The summed E-state index contributed by atoms with van der Waals surface area (Å²) in [6.07, 6.45) is 0.332. The molecule has 0 aromatic rings. The van der Waals surface area contributed by atoms with Gasteiger partial charge >= 0.3 is 0 Å². The molecule has 0 aromatic heterocycles. The molecule has 3 atom stereocenters. The molecule has 58 valence electrons. The summed E-state index contributed by atoms with van der Waals surface area (Å²) < 4.78 is 10.3. The first-order valence-electron chi connectivity index (χ1n) is 3.46. The van der Waals surface area contributed by atoms with Crippen molar-refractivity contribution in [2.45, 2.75) is 26.2 Å². The van der Waals surface area contributed by atoms with Crippen LogP contribution >= 0.6 is 0 Å². The molecule has 1 aliphatic rings. The van der Waals surface area contributed by atoms with Gasteiger partial charge in [0.2, 0.25) is 0 Å². The summed E-state index contributed by atoms with van der Waals surface area (Å²) in [5, 5.41) is 0. The minimum atomic E-state index is -0.274. The second-order valence-electron chi connectivity index (χ2n) is 2.62. The van der Waals surface area contributed by atoms with Crippen LogP contribution in [0.2, 0.25) is 0 Å². The van der Waals surface area contributed by atoms with Gasteiger partial charge in [0.05, 0.1) is 6.61 Å². The van der Waals surface area contributed by atoms with Gasteiger partial charge in [-0.05, 0) is 6.92 Å². The van der Waals surface area contributed by atoms with Crippen LogP contribution in [-0.4, -0.2) is 25.3 Å². The van der Waals surface area contributed by atoms with E-state index in [0.29, 0.717) is 6.61 Å². The highest BCUT2D eigenvalue weighted by molar-refractivity contribution is 5.56. The normalized spacial score (nSPS) is 41.2. The first kappa shape index (κ1) is 7.69. The van der Waals surface area contributed by atoms with Crippen LogP contribution in [-0.2, 0) is 14.3 Å². The molecule has 0 radical (unpaired) electrons. The minimum Gasteiger partial charge on any atom is -0.353 e. The van der Waals surface area contributed by atoms with Crippen LogP contribution in [0.4, 0.5) is 0 Å². The molecule has 0 amide bonds. The van der Waals surface area contributed by atoms with Crippen molar-refractivity contribution in [2.75, 3.05) is 6.61 Å². The average Bonchev–Trinajstić information content (AvgIpc) is 1.94. The van der Waals surface area contributed by atoms with E-state index in [1.807, 2.05) is 6.92 Å². The number of hydrogen-bond donors (Lipinski definition) is 0. The monoisotopic (exact) mass is 144 g/mol. The molecule has 3 unspecified atom stereocenters. The summed E-state index contributed by atoms with van der Waals surface area (Å²) in [6.45, 7) is 4.35. The van der Waals surface area contributed by atoms with E-state index in [1.54, 1.807) is 6.92 Å². The van der Waals surface area contributed by atoms with E-state index in [9.17, 15) is 4.79 Å². The number of carbonyl (C=O) groups is 1. The van der Waals surface area contributed by atoms with Crippen molar-refractivity contribution in [1.82, 2.24) is 0 Å². The van der Waals surface area contributed by atoms with E-state index in [1.165, 1.54) is 0 Å². The van der Waals surface area contributed by atoms with Crippen molar-refractivity contribution >= 4 is 6.29 Å². The lowest BCUT2D eigenvalue weighted by atomic mass is 10.1. The molecule has 0 spiro atoms.